The number of hydrogen-bond donors (Lipinski definition) is 1. The molecule has 43 heavy (non-hydrogen) atoms. The number of para-hydroxylation sites is 1. The minimum Gasteiger partial charge on any atom is -0.462 e. The number of carbonyl (C=O) groups is 2. The van der Waals surface area contributed by atoms with Crippen LogP contribution in [-0.4, -0.2) is 45.5 Å². The number of nitrogens with zero attached hydrogens (tertiary/aromatic N) is 3. The molecule has 10 heteroatoms. The van der Waals surface area contributed by atoms with Gasteiger partial charge in [0.25, 0.3) is 0 Å². The smallest absolute Gasteiger partial charge is 0.340 e. The van der Waals surface area contributed by atoms with Crippen LogP contribution in [0.15, 0.2) is 54.6 Å². The van der Waals surface area contributed by atoms with Crippen molar-refractivity contribution in [2.45, 2.75) is 56.1 Å². The van der Waals surface area contributed by atoms with Gasteiger partial charge < -0.3 is 14.6 Å². The number of nitrogens with one attached hydrogen (secondary N) is 1. The normalized spacial score (nSPS) is 26.0. The first-order valence-corrected chi connectivity index (χ1v) is 15.6. The van der Waals surface area contributed by atoms with Crippen molar-refractivity contribution < 1.29 is 18.7 Å². The van der Waals surface area contributed by atoms with Crippen molar-refractivity contribution in [2.24, 2.45) is 5.92 Å². The van der Waals surface area contributed by atoms with Crippen LogP contribution in [0.25, 0.3) is 11.0 Å². The van der Waals surface area contributed by atoms with Crippen LogP contribution < -0.4 is 5.32 Å². The summed E-state index contributed by atoms with van der Waals surface area (Å²) in [6.45, 7) is 3.35. The Bertz CT molecular complexity index is 1840. The monoisotopic (exact) mass is 618 g/mol. The van der Waals surface area contributed by atoms with E-state index in [-0.39, 0.29) is 29.5 Å². The van der Waals surface area contributed by atoms with Gasteiger partial charge in [0.2, 0.25) is 5.91 Å². The predicted octanol–water partition coefficient (Wildman–Crippen LogP) is 6.87. The van der Waals surface area contributed by atoms with E-state index in [1.54, 1.807) is 43.3 Å². The molecule has 1 amide bonds. The Kier molecular flexibility index (Phi) is 6.16. The zero-order chi connectivity index (χ0) is 29.6. The summed E-state index contributed by atoms with van der Waals surface area (Å²) in [4.78, 5) is 35.1. The molecule has 1 spiro atoms. The standard InChI is InChI=1S/C33H29Cl2FN4O3/c1-2-43-31(41)20-6-4-8-23-29(20)39-14-13-25-26(30(39)37-23)27(19-5-3-7-22(35)28(19)36)33(40(25)16-17-9-10-17)21-12-11-18(34)15-24(21)38-32(33)42/h3-8,11-12,15,17,25-27H,2,9-10,13-14,16H2,1H3,(H,38,42)/t25-,26+,27-,33+/m0/s1. The molecule has 1 aliphatic carbocycles. The molecule has 3 aliphatic heterocycles. The summed E-state index contributed by atoms with van der Waals surface area (Å²) in [5, 5.41) is 3.64. The highest BCUT2D eigenvalue weighted by atomic mass is 35.5. The Morgan fingerprint density at radius 3 is 2.74 bits per heavy atom. The maximum atomic E-state index is 16.3. The van der Waals surface area contributed by atoms with Crippen LogP contribution in [0.2, 0.25) is 10.0 Å². The highest BCUT2D eigenvalue weighted by Crippen LogP contribution is 2.64. The number of rotatable bonds is 5. The second kappa shape index (κ2) is 9.78. The lowest BCUT2D eigenvalue weighted by Gasteiger charge is -2.40. The molecule has 4 heterocycles. The molecule has 4 aliphatic rings. The molecule has 220 valence electrons. The Labute approximate surface area is 257 Å². The molecule has 1 saturated heterocycles. The highest BCUT2D eigenvalue weighted by Gasteiger charge is 2.69. The predicted molar refractivity (Wildman–Crippen MR) is 162 cm³/mol. The lowest BCUT2D eigenvalue weighted by atomic mass is 9.70. The molecule has 8 rings (SSSR count). The van der Waals surface area contributed by atoms with Gasteiger partial charge in [0.1, 0.15) is 17.2 Å². The van der Waals surface area contributed by atoms with Crippen LogP contribution in [0.4, 0.5) is 10.1 Å². The van der Waals surface area contributed by atoms with Crippen molar-refractivity contribution in [1.29, 1.82) is 0 Å². The SMILES string of the molecule is CCOC(=O)c1cccc2nc3n(c12)CC[C@H]1[C@@H]3[C@H](c2cccc(Cl)c2F)[C@]2(C(=O)Nc3cc(Cl)ccc32)N1CC1CC1. The number of esters is 1. The van der Waals surface area contributed by atoms with Crippen molar-refractivity contribution in [3.63, 3.8) is 0 Å². The number of benzene rings is 3. The molecule has 4 atom stereocenters. The molecule has 0 bridgehead atoms. The van der Waals surface area contributed by atoms with E-state index < -0.39 is 23.2 Å². The average Bonchev–Trinajstić information content (AvgIpc) is 3.57. The van der Waals surface area contributed by atoms with E-state index in [9.17, 15) is 9.59 Å². The van der Waals surface area contributed by atoms with Crippen LogP contribution in [0.1, 0.15) is 65.3 Å². The third-order valence-electron chi connectivity index (χ3n) is 9.77. The molecule has 4 aromatic rings. The van der Waals surface area contributed by atoms with E-state index in [0.29, 0.717) is 58.3 Å². The van der Waals surface area contributed by atoms with E-state index in [1.807, 2.05) is 12.1 Å². The average molecular weight is 620 g/mol. The number of carbonyl (C=O) groups excluding carboxylic acids is 2. The molecule has 0 radical (unpaired) electrons. The zero-order valence-electron chi connectivity index (χ0n) is 23.4. The number of imidazole rings is 1. The number of anilines is 1. The molecule has 2 fully saturated rings. The molecular formula is C33H29Cl2FN4O3. The maximum Gasteiger partial charge on any atom is 0.340 e. The number of aromatic nitrogens is 2. The van der Waals surface area contributed by atoms with Gasteiger partial charge in [0, 0.05) is 47.2 Å². The van der Waals surface area contributed by atoms with Crippen molar-refractivity contribution in [3.05, 3.63) is 93.0 Å². The topological polar surface area (TPSA) is 76.5 Å². The van der Waals surface area contributed by atoms with Gasteiger partial charge in [-0.1, -0.05) is 47.5 Å². The van der Waals surface area contributed by atoms with E-state index in [0.717, 1.165) is 24.2 Å². The Balaban J connectivity index is 1.42. The Morgan fingerprint density at radius 2 is 1.95 bits per heavy atom. The van der Waals surface area contributed by atoms with E-state index in [1.165, 1.54) is 6.07 Å². The third kappa shape index (κ3) is 3.79. The molecular weight excluding hydrogens is 590 g/mol. The first kappa shape index (κ1) is 27.1. The van der Waals surface area contributed by atoms with Gasteiger partial charge in [0.15, 0.2) is 0 Å². The Hall–Kier alpha value is -3.46. The number of hydrogen-bond acceptors (Lipinski definition) is 5. The molecule has 7 nitrogen and oxygen atoms in total. The Morgan fingerprint density at radius 1 is 1.14 bits per heavy atom. The number of fused-ring (bicyclic) bond motifs is 7. The summed E-state index contributed by atoms with van der Waals surface area (Å²) < 4.78 is 23.7. The zero-order valence-corrected chi connectivity index (χ0v) is 25.0. The van der Waals surface area contributed by atoms with Gasteiger partial charge in [-0.2, -0.15) is 0 Å². The van der Waals surface area contributed by atoms with Gasteiger partial charge in [-0.3, -0.25) is 9.69 Å². The highest BCUT2D eigenvalue weighted by molar-refractivity contribution is 6.31. The molecule has 0 unspecified atom stereocenters. The third-order valence-corrected chi connectivity index (χ3v) is 10.3. The fourth-order valence-electron chi connectivity index (χ4n) is 8.02. The van der Waals surface area contributed by atoms with Crippen molar-refractivity contribution in [1.82, 2.24) is 14.5 Å². The first-order valence-electron chi connectivity index (χ1n) is 14.8. The quantitative estimate of drug-likeness (QED) is 0.247. The van der Waals surface area contributed by atoms with Crippen LogP contribution in [0.5, 0.6) is 0 Å². The number of halogens is 3. The minimum absolute atomic E-state index is 0.00786. The van der Waals surface area contributed by atoms with Crippen molar-refractivity contribution in [3.8, 4) is 0 Å². The number of amides is 1. The summed E-state index contributed by atoms with van der Waals surface area (Å²) >= 11 is 12.8. The second-order valence-corrected chi connectivity index (χ2v) is 12.9. The van der Waals surface area contributed by atoms with Crippen LogP contribution in [0, 0.1) is 11.7 Å². The summed E-state index contributed by atoms with van der Waals surface area (Å²) in [5.41, 5.74) is 2.43. The summed E-state index contributed by atoms with van der Waals surface area (Å²) in [7, 11) is 0. The molecule has 1 saturated carbocycles. The lowest BCUT2D eigenvalue weighted by molar-refractivity contribution is -0.128. The van der Waals surface area contributed by atoms with E-state index in [4.69, 9.17) is 32.9 Å². The number of aryl methyl sites for hydroxylation is 1. The van der Waals surface area contributed by atoms with Gasteiger partial charge in [-0.05, 0) is 68.0 Å². The minimum atomic E-state index is -1.21. The fraction of sp³-hybridized carbons (Fsp3) is 0.364. The van der Waals surface area contributed by atoms with Crippen molar-refractivity contribution in [2.75, 3.05) is 18.5 Å². The fourth-order valence-corrected chi connectivity index (χ4v) is 8.37. The molecule has 1 N–H and O–H groups in total. The summed E-state index contributed by atoms with van der Waals surface area (Å²) in [6, 6.07) is 15.8. The largest absolute Gasteiger partial charge is 0.462 e. The first-order chi connectivity index (χ1) is 20.8. The molecule has 1 aromatic heterocycles. The van der Waals surface area contributed by atoms with Crippen LogP contribution in [0.3, 0.4) is 0 Å². The second-order valence-electron chi connectivity index (χ2n) is 12.0. The van der Waals surface area contributed by atoms with E-state index in [2.05, 4.69) is 14.8 Å². The number of ether oxygens (including phenoxy) is 1. The lowest BCUT2D eigenvalue weighted by Crippen LogP contribution is -2.53. The van der Waals surface area contributed by atoms with Gasteiger partial charge in [0.05, 0.1) is 28.2 Å². The summed E-state index contributed by atoms with van der Waals surface area (Å²) in [5.74, 6) is -0.958. The molecule has 3 aromatic carbocycles. The van der Waals surface area contributed by atoms with E-state index >= 15 is 4.39 Å². The van der Waals surface area contributed by atoms with Crippen molar-refractivity contribution >= 4 is 51.8 Å². The van der Waals surface area contributed by atoms with Gasteiger partial charge >= 0.3 is 5.97 Å². The van der Waals surface area contributed by atoms with Crippen LogP contribution >= 0.6 is 23.2 Å². The summed E-state index contributed by atoms with van der Waals surface area (Å²) in [6.07, 6.45) is 2.89. The van der Waals surface area contributed by atoms with Gasteiger partial charge in [-0.25, -0.2) is 14.2 Å². The number of likely N-dealkylation sites (tertiary alicyclic amines) is 1. The van der Waals surface area contributed by atoms with Crippen LogP contribution in [-0.2, 0) is 21.6 Å². The maximum absolute atomic E-state index is 16.3. The van der Waals surface area contributed by atoms with Gasteiger partial charge in [-0.15, -0.1) is 0 Å².